The molecule has 1 aromatic rings. The molecule has 0 saturated heterocycles. The molecule has 4 heteroatoms. The van der Waals surface area contributed by atoms with E-state index < -0.39 is 6.04 Å². The zero-order chi connectivity index (χ0) is 13.5. The standard InChI is InChI=1S/C14H19N3O/c1-3-4-5-13(16)14(18)17(2)12-8-6-11(10-15)7-9-12/h6-9,13H,3-5,16H2,1-2H3/t13-/m0/s1. The molecule has 1 aromatic carbocycles. The van der Waals surface area contributed by atoms with Crippen molar-refractivity contribution in [1.29, 1.82) is 5.26 Å². The van der Waals surface area contributed by atoms with Crippen LogP contribution in [0.15, 0.2) is 24.3 Å². The first-order valence-corrected chi connectivity index (χ1v) is 6.13. The van der Waals surface area contributed by atoms with Crippen LogP contribution in [0.2, 0.25) is 0 Å². The summed E-state index contributed by atoms with van der Waals surface area (Å²) in [6.45, 7) is 2.07. The number of nitrogens with two attached hydrogens (primary N) is 1. The van der Waals surface area contributed by atoms with Gasteiger partial charge in [0.15, 0.2) is 0 Å². The Labute approximate surface area is 108 Å². The molecule has 0 fully saturated rings. The van der Waals surface area contributed by atoms with E-state index in [4.69, 9.17) is 11.0 Å². The van der Waals surface area contributed by atoms with E-state index in [-0.39, 0.29) is 5.91 Å². The van der Waals surface area contributed by atoms with Crippen molar-refractivity contribution in [3.05, 3.63) is 29.8 Å². The van der Waals surface area contributed by atoms with Crippen LogP contribution >= 0.6 is 0 Å². The van der Waals surface area contributed by atoms with Crippen LogP contribution in [0.4, 0.5) is 5.69 Å². The van der Waals surface area contributed by atoms with Crippen LogP contribution in [-0.2, 0) is 4.79 Å². The van der Waals surface area contributed by atoms with Gasteiger partial charge in [-0.15, -0.1) is 0 Å². The molecule has 0 heterocycles. The number of nitrogens with zero attached hydrogens (tertiary/aromatic N) is 2. The molecule has 18 heavy (non-hydrogen) atoms. The maximum absolute atomic E-state index is 12.0. The summed E-state index contributed by atoms with van der Waals surface area (Å²) in [6.07, 6.45) is 2.69. The average molecular weight is 245 g/mol. The van der Waals surface area contributed by atoms with E-state index >= 15 is 0 Å². The van der Waals surface area contributed by atoms with Crippen LogP contribution in [0.3, 0.4) is 0 Å². The van der Waals surface area contributed by atoms with E-state index in [2.05, 4.69) is 6.92 Å². The van der Waals surface area contributed by atoms with Crippen molar-refractivity contribution in [3.8, 4) is 6.07 Å². The molecule has 1 amide bonds. The minimum atomic E-state index is -0.453. The lowest BCUT2D eigenvalue weighted by atomic mass is 10.1. The van der Waals surface area contributed by atoms with Crippen molar-refractivity contribution < 1.29 is 4.79 Å². The van der Waals surface area contributed by atoms with Gasteiger partial charge in [-0.2, -0.15) is 5.26 Å². The van der Waals surface area contributed by atoms with Crippen LogP contribution in [0, 0.1) is 11.3 Å². The smallest absolute Gasteiger partial charge is 0.243 e. The first-order chi connectivity index (χ1) is 8.60. The van der Waals surface area contributed by atoms with Crippen molar-refractivity contribution in [1.82, 2.24) is 0 Å². The number of carbonyl (C=O) groups is 1. The first-order valence-electron chi connectivity index (χ1n) is 6.13. The summed E-state index contributed by atoms with van der Waals surface area (Å²) < 4.78 is 0. The van der Waals surface area contributed by atoms with Crippen LogP contribution < -0.4 is 10.6 Å². The average Bonchev–Trinajstić information content (AvgIpc) is 2.43. The molecule has 0 aliphatic carbocycles. The van der Waals surface area contributed by atoms with Crippen molar-refractivity contribution in [2.24, 2.45) is 5.73 Å². The van der Waals surface area contributed by atoms with Gasteiger partial charge in [0.25, 0.3) is 0 Å². The molecule has 0 bridgehead atoms. The predicted molar refractivity (Wildman–Crippen MR) is 72.1 cm³/mol. The van der Waals surface area contributed by atoms with Gasteiger partial charge in [0, 0.05) is 12.7 Å². The maximum atomic E-state index is 12.0. The van der Waals surface area contributed by atoms with E-state index in [9.17, 15) is 4.79 Å². The zero-order valence-corrected chi connectivity index (χ0v) is 10.9. The maximum Gasteiger partial charge on any atom is 0.243 e. The van der Waals surface area contributed by atoms with Gasteiger partial charge in [-0.25, -0.2) is 0 Å². The zero-order valence-electron chi connectivity index (χ0n) is 10.9. The highest BCUT2D eigenvalue weighted by molar-refractivity contribution is 5.96. The van der Waals surface area contributed by atoms with Crippen LogP contribution in [-0.4, -0.2) is 19.0 Å². The molecule has 0 radical (unpaired) electrons. The van der Waals surface area contributed by atoms with Gasteiger partial charge in [-0.05, 0) is 30.7 Å². The van der Waals surface area contributed by atoms with Gasteiger partial charge < -0.3 is 10.6 Å². The molecule has 0 saturated carbocycles. The van der Waals surface area contributed by atoms with Gasteiger partial charge in [0.05, 0.1) is 17.7 Å². The summed E-state index contributed by atoms with van der Waals surface area (Å²) in [6, 6.07) is 8.48. The summed E-state index contributed by atoms with van der Waals surface area (Å²) in [5.41, 5.74) is 7.19. The lowest BCUT2D eigenvalue weighted by Crippen LogP contribution is -2.41. The SMILES string of the molecule is CCCC[C@H](N)C(=O)N(C)c1ccc(C#N)cc1. The molecule has 1 rings (SSSR count). The molecule has 96 valence electrons. The minimum Gasteiger partial charge on any atom is -0.320 e. The molecular weight excluding hydrogens is 226 g/mol. The minimum absolute atomic E-state index is 0.0897. The van der Waals surface area contributed by atoms with E-state index in [0.717, 1.165) is 18.5 Å². The lowest BCUT2D eigenvalue weighted by molar-refractivity contribution is -0.119. The summed E-state index contributed by atoms with van der Waals surface area (Å²) in [5, 5.41) is 8.71. The summed E-state index contributed by atoms with van der Waals surface area (Å²) in [7, 11) is 1.70. The van der Waals surface area contributed by atoms with E-state index in [0.29, 0.717) is 12.0 Å². The number of anilines is 1. The fourth-order valence-corrected chi connectivity index (χ4v) is 1.68. The Hall–Kier alpha value is -1.86. The molecule has 4 nitrogen and oxygen atoms in total. The molecule has 0 aliphatic rings. The highest BCUT2D eigenvalue weighted by Crippen LogP contribution is 2.15. The summed E-state index contributed by atoms with van der Waals surface area (Å²) in [4.78, 5) is 13.6. The number of hydrogen-bond acceptors (Lipinski definition) is 3. The Kier molecular flexibility index (Phi) is 5.34. The third kappa shape index (κ3) is 3.57. The number of benzene rings is 1. The molecular formula is C14H19N3O. The van der Waals surface area contributed by atoms with Gasteiger partial charge in [-0.3, -0.25) is 4.79 Å². The highest BCUT2D eigenvalue weighted by atomic mass is 16.2. The third-order valence-corrected chi connectivity index (χ3v) is 2.90. The second-order valence-electron chi connectivity index (χ2n) is 4.30. The van der Waals surface area contributed by atoms with Crippen molar-refractivity contribution >= 4 is 11.6 Å². The third-order valence-electron chi connectivity index (χ3n) is 2.90. The summed E-state index contributed by atoms with van der Waals surface area (Å²) in [5.74, 6) is -0.0897. The molecule has 0 aromatic heterocycles. The Morgan fingerprint density at radius 2 is 2.06 bits per heavy atom. The van der Waals surface area contributed by atoms with Crippen molar-refractivity contribution in [2.75, 3.05) is 11.9 Å². The molecule has 0 spiro atoms. The second kappa shape index (κ2) is 6.77. The number of unbranched alkanes of at least 4 members (excludes halogenated alkanes) is 1. The van der Waals surface area contributed by atoms with E-state index in [1.165, 1.54) is 0 Å². The Bertz CT molecular complexity index is 433. The fraction of sp³-hybridized carbons (Fsp3) is 0.429. The summed E-state index contributed by atoms with van der Waals surface area (Å²) >= 11 is 0. The normalized spacial score (nSPS) is 11.7. The molecule has 2 N–H and O–H groups in total. The Morgan fingerprint density at radius 3 is 2.56 bits per heavy atom. The van der Waals surface area contributed by atoms with Crippen LogP contribution in [0.5, 0.6) is 0 Å². The highest BCUT2D eigenvalue weighted by Gasteiger charge is 2.18. The van der Waals surface area contributed by atoms with Gasteiger partial charge in [0.1, 0.15) is 0 Å². The number of likely N-dealkylation sites (N-methyl/N-ethyl adjacent to an activating group) is 1. The lowest BCUT2D eigenvalue weighted by Gasteiger charge is -2.21. The Morgan fingerprint density at radius 1 is 1.44 bits per heavy atom. The van der Waals surface area contributed by atoms with Crippen LogP contribution in [0.1, 0.15) is 31.7 Å². The number of carbonyl (C=O) groups excluding carboxylic acids is 1. The molecule has 0 aliphatic heterocycles. The quantitative estimate of drug-likeness (QED) is 0.863. The molecule has 0 unspecified atom stereocenters. The van der Waals surface area contributed by atoms with Crippen molar-refractivity contribution in [2.45, 2.75) is 32.2 Å². The van der Waals surface area contributed by atoms with Gasteiger partial charge in [0.2, 0.25) is 5.91 Å². The van der Waals surface area contributed by atoms with Gasteiger partial charge in [-0.1, -0.05) is 19.8 Å². The van der Waals surface area contributed by atoms with Crippen LogP contribution in [0.25, 0.3) is 0 Å². The number of rotatable bonds is 5. The van der Waals surface area contributed by atoms with Gasteiger partial charge >= 0.3 is 0 Å². The van der Waals surface area contributed by atoms with E-state index in [1.54, 1.807) is 36.2 Å². The number of hydrogen-bond donors (Lipinski definition) is 1. The van der Waals surface area contributed by atoms with E-state index in [1.807, 2.05) is 6.07 Å². The topological polar surface area (TPSA) is 70.1 Å². The number of nitriles is 1. The predicted octanol–water partition coefficient (Wildman–Crippen LogP) is 2.04. The van der Waals surface area contributed by atoms with Crippen molar-refractivity contribution in [3.63, 3.8) is 0 Å². The Balaban J connectivity index is 2.70. The largest absolute Gasteiger partial charge is 0.320 e. The fourth-order valence-electron chi connectivity index (χ4n) is 1.68. The second-order valence-corrected chi connectivity index (χ2v) is 4.30. The first kappa shape index (κ1) is 14.2. The monoisotopic (exact) mass is 245 g/mol. The number of amides is 1. The molecule has 1 atom stereocenters.